The first kappa shape index (κ1) is 17.3. The van der Waals surface area contributed by atoms with Gasteiger partial charge in [0.2, 0.25) is 0 Å². The third-order valence-corrected chi connectivity index (χ3v) is 5.02. The van der Waals surface area contributed by atoms with Gasteiger partial charge in [0.1, 0.15) is 0 Å². The summed E-state index contributed by atoms with van der Waals surface area (Å²) in [7, 11) is 0. The molecular formula is C22H24N4O. The van der Waals surface area contributed by atoms with Crippen molar-refractivity contribution in [1.29, 1.82) is 0 Å². The maximum absolute atomic E-state index is 12.7. The van der Waals surface area contributed by atoms with Crippen LogP contribution in [0, 0.1) is 13.8 Å². The Morgan fingerprint density at radius 2 is 1.74 bits per heavy atom. The van der Waals surface area contributed by atoms with Gasteiger partial charge in [0, 0.05) is 30.2 Å². The van der Waals surface area contributed by atoms with E-state index in [0.717, 1.165) is 30.2 Å². The molecule has 0 unspecified atom stereocenters. The lowest BCUT2D eigenvalue weighted by Crippen LogP contribution is -2.19. The van der Waals surface area contributed by atoms with Crippen LogP contribution >= 0.6 is 0 Å². The minimum atomic E-state index is -0.193. The molecule has 0 radical (unpaired) electrons. The topological polar surface area (TPSA) is 50.2 Å². The summed E-state index contributed by atoms with van der Waals surface area (Å²) < 4.78 is 1.79. The first-order valence-corrected chi connectivity index (χ1v) is 9.41. The van der Waals surface area contributed by atoms with Gasteiger partial charge in [-0.1, -0.05) is 18.2 Å². The van der Waals surface area contributed by atoms with Crippen molar-refractivity contribution < 1.29 is 4.79 Å². The number of rotatable bonds is 4. The Labute approximate surface area is 159 Å². The van der Waals surface area contributed by atoms with Crippen LogP contribution in [0.3, 0.4) is 0 Å². The van der Waals surface area contributed by atoms with Crippen LogP contribution < -0.4 is 10.2 Å². The van der Waals surface area contributed by atoms with E-state index in [-0.39, 0.29) is 5.91 Å². The molecule has 0 aliphatic carbocycles. The number of hydrogen-bond donors (Lipinski definition) is 1. The molecule has 1 N–H and O–H groups in total. The van der Waals surface area contributed by atoms with Gasteiger partial charge in [-0.05, 0) is 68.7 Å². The number of amides is 1. The van der Waals surface area contributed by atoms with E-state index >= 15 is 0 Å². The summed E-state index contributed by atoms with van der Waals surface area (Å²) in [6, 6.07) is 17.8. The van der Waals surface area contributed by atoms with Crippen LogP contribution in [-0.4, -0.2) is 28.8 Å². The molecule has 0 atom stereocenters. The van der Waals surface area contributed by atoms with Gasteiger partial charge in [0.15, 0.2) is 5.69 Å². The van der Waals surface area contributed by atoms with E-state index in [1.807, 2.05) is 55.5 Å². The zero-order chi connectivity index (χ0) is 18.8. The van der Waals surface area contributed by atoms with Crippen molar-refractivity contribution in [2.24, 2.45) is 0 Å². The quantitative estimate of drug-likeness (QED) is 0.753. The monoisotopic (exact) mass is 360 g/mol. The fourth-order valence-electron chi connectivity index (χ4n) is 3.66. The summed E-state index contributed by atoms with van der Waals surface area (Å²) in [5.74, 6) is -0.193. The molecule has 1 aliphatic rings. The number of nitrogens with one attached hydrogen (secondary N) is 1. The molecule has 0 spiro atoms. The van der Waals surface area contributed by atoms with Gasteiger partial charge in [0.25, 0.3) is 5.91 Å². The first-order chi connectivity index (χ1) is 13.1. The molecule has 27 heavy (non-hydrogen) atoms. The zero-order valence-electron chi connectivity index (χ0n) is 15.8. The molecular weight excluding hydrogens is 336 g/mol. The SMILES string of the molecule is Cc1cc(NC(=O)c2cc(C)n(-c3ccccc3)n2)ccc1N1CCCC1. The van der Waals surface area contributed by atoms with Crippen LogP contribution in [0.15, 0.2) is 54.6 Å². The number of para-hydroxylation sites is 1. The van der Waals surface area contributed by atoms with E-state index in [1.54, 1.807) is 4.68 Å². The molecule has 1 saturated heterocycles. The van der Waals surface area contributed by atoms with Crippen molar-refractivity contribution >= 4 is 17.3 Å². The number of benzene rings is 2. The van der Waals surface area contributed by atoms with Crippen LogP contribution in [0.1, 0.15) is 34.6 Å². The highest BCUT2D eigenvalue weighted by molar-refractivity contribution is 6.03. The van der Waals surface area contributed by atoms with Crippen LogP contribution in [0.5, 0.6) is 0 Å². The van der Waals surface area contributed by atoms with Gasteiger partial charge in [-0.15, -0.1) is 0 Å². The molecule has 5 nitrogen and oxygen atoms in total. The minimum absolute atomic E-state index is 0.193. The molecule has 2 aromatic carbocycles. The van der Waals surface area contributed by atoms with Gasteiger partial charge in [0.05, 0.1) is 5.69 Å². The maximum Gasteiger partial charge on any atom is 0.276 e. The van der Waals surface area contributed by atoms with E-state index in [2.05, 4.69) is 28.3 Å². The van der Waals surface area contributed by atoms with Gasteiger partial charge in [-0.3, -0.25) is 4.79 Å². The normalized spacial score (nSPS) is 13.8. The lowest BCUT2D eigenvalue weighted by atomic mass is 10.1. The number of carbonyl (C=O) groups excluding carboxylic acids is 1. The van der Waals surface area contributed by atoms with Crippen LogP contribution in [0.25, 0.3) is 5.69 Å². The Hall–Kier alpha value is -3.08. The van der Waals surface area contributed by atoms with Crippen LogP contribution in [0.4, 0.5) is 11.4 Å². The Morgan fingerprint density at radius 3 is 2.44 bits per heavy atom. The lowest BCUT2D eigenvalue weighted by Gasteiger charge is -2.20. The summed E-state index contributed by atoms with van der Waals surface area (Å²) in [5.41, 5.74) is 5.52. The van der Waals surface area contributed by atoms with E-state index < -0.39 is 0 Å². The highest BCUT2D eigenvalue weighted by Crippen LogP contribution is 2.27. The predicted octanol–water partition coefficient (Wildman–Crippen LogP) is 4.34. The molecule has 0 saturated carbocycles. The number of hydrogen-bond acceptors (Lipinski definition) is 3. The standard InChI is InChI=1S/C22H24N4O/c1-16-14-18(10-11-21(16)25-12-6-7-13-25)23-22(27)20-15-17(2)26(24-20)19-8-4-3-5-9-19/h3-5,8-11,14-15H,6-7,12-13H2,1-2H3,(H,23,27). The number of carbonyl (C=O) groups is 1. The lowest BCUT2D eigenvalue weighted by molar-refractivity contribution is 0.102. The first-order valence-electron chi connectivity index (χ1n) is 9.41. The third kappa shape index (κ3) is 3.58. The van der Waals surface area contributed by atoms with Crippen molar-refractivity contribution in [3.8, 4) is 5.69 Å². The third-order valence-electron chi connectivity index (χ3n) is 5.02. The molecule has 138 valence electrons. The van der Waals surface area contributed by atoms with Crippen molar-refractivity contribution in [2.45, 2.75) is 26.7 Å². The van der Waals surface area contributed by atoms with Crippen molar-refractivity contribution in [3.05, 3.63) is 71.5 Å². The fraction of sp³-hybridized carbons (Fsp3) is 0.273. The molecule has 0 bridgehead atoms. The maximum atomic E-state index is 12.7. The van der Waals surface area contributed by atoms with Gasteiger partial charge in [-0.2, -0.15) is 5.10 Å². The van der Waals surface area contributed by atoms with Crippen LogP contribution in [-0.2, 0) is 0 Å². The molecule has 2 heterocycles. The number of aromatic nitrogens is 2. The molecule has 5 heteroatoms. The van der Waals surface area contributed by atoms with E-state index in [0.29, 0.717) is 5.69 Å². The molecule has 1 aliphatic heterocycles. The van der Waals surface area contributed by atoms with Gasteiger partial charge in [-0.25, -0.2) is 4.68 Å². The Morgan fingerprint density at radius 1 is 1.00 bits per heavy atom. The molecule has 3 aromatic rings. The fourth-order valence-corrected chi connectivity index (χ4v) is 3.66. The summed E-state index contributed by atoms with van der Waals surface area (Å²) in [4.78, 5) is 15.1. The summed E-state index contributed by atoms with van der Waals surface area (Å²) in [6.45, 7) is 6.27. The smallest absolute Gasteiger partial charge is 0.276 e. The number of aryl methyl sites for hydroxylation is 2. The Balaban J connectivity index is 1.52. The second-order valence-corrected chi connectivity index (χ2v) is 7.07. The van der Waals surface area contributed by atoms with E-state index in [4.69, 9.17) is 0 Å². The van der Waals surface area contributed by atoms with E-state index in [1.165, 1.54) is 24.1 Å². The molecule has 4 rings (SSSR count). The number of nitrogens with zero attached hydrogens (tertiary/aromatic N) is 3. The Bertz CT molecular complexity index is 956. The molecule has 1 aromatic heterocycles. The molecule has 1 fully saturated rings. The second kappa shape index (κ2) is 7.27. The summed E-state index contributed by atoms with van der Waals surface area (Å²) in [5, 5.41) is 7.45. The largest absolute Gasteiger partial charge is 0.371 e. The highest BCUT2D eigenvalue weighted by Gasteiger charge is 2.16. The Kier molecular flexibility index (Phi) is 4.67. The van der Waals surface area contributed by atoms with E-state index in [9.17, 15) is 4.79 Å². The van der Waals surface area contributed by atoms with Gasteiger partial charge >= 0.3 is 0 Å². The zero-order valence-corrected chi connectivity index (χ0v) is 15.8. The second-order valence-electron chi connectivity index (χ2n) is 7.07. The van der Waals surface area contributed by atoms with Gasteiger partial charge < -0.3 is 10.2 Å². The highest BCUT2D eigenvalue weighted by atomic mass is 16.1. The van der Waals surface area contributed by atoms with Crippen molar-refractivity contribution in [1.82, 2.24) is 9.78 Å². The average Bonchev–Trinajstić information content (AvgIpc) is 3.32. The van der Waals surface area contributed by atoms with Crippen molar-refractivity contribution in [3.63, 3.8) is 0 Å². The van der Waals surface area contributed by atoms with Crippen molar-refractivity contribution in [2.75, 3.05) is 23.3 Å². The summed E-state index contributed by atoms with van der Waals surface area (Å²) in [6.07, 6.45) is 2.50. The molecule has 1 amide bonds. The number of anilines is 2. The van der Waals surface area contributed by atoms with Crippen LogP contribution in [0.2, 0.25) is 0 Å². The summed E-state index contributed by atoms with van der Waals surface area (Å²) >= 11 is 0. The minimum Gasteiger partial charge on any atom is -0.371 e. The average molecular weight is 360 g/mol. The predicted molar refractivity (Wildman–Crippen MR) is 109 cm³/mol.